The molecular weight excluding hydrogens is 304 g/mol. The molecule has 1 N–H and O–H groups in total. The number of aromatic nitrogens is 2. The fourth-order valence-electron chi connectivity index (χ4n) is 2.35. The van der Waals surface area contributed by atoms with Crippen LogP contribution in [0.2, 0.25) is 0 Å². The SMILES string of the molecule is CC[C@@H](C)N(Cc1ccccc1)C(=O)Nc1ccn(CCOC)n1. The number of hydrogen-bond donors (Lipinski definition) is 1. The summed E-state index contributed by atoms with van der Waals surface area (Å²) in [6.45, 7) is 5.95. The molecule has 130 valence electrons. The van der Waals surface area contributed by atoms with Crippen LogP contribution in [0.15, 0.2) is 42.6 Å². The van der Waals surface area contributed by atoms with Crippen molar-refractivity contribution in [1.82, 2.24) is 14.7 Å². The summed E-state index contributed by atoms with van der Waals surface area (Å²) < 4.78 is 6.78. The Balaban J connectivity index is 2.03. The second-order valence-electron chi connectivity index (χ2n) is 5.76. The molecule has 0 spiro atoms. The molecule has 0 saturated carbocycles. The van der Waals surface area contributed by atoms with Crippen LogP contribution < -0.4 is 5.32 Å². The summed E-state index contributed by atoms with van der Waals surface area (Å²) in [7, 11) is 1.65. The summed E-state index contributed by atoms with van der Waals surface area (Å²) in [6.07, 6.45) is 2.72. The molecule has 0 unspecified atom stereocenters. The standard InChI is InChI=1S/C18H26N4O2/c1-4-15(2)22(14-16-8-6-5-7-9-16)18(23)19-17-10-11-21(20-17)12-13-24-3/h5-11,15H,4,12-14H2,1-3H3,(H,19,20,23)/t15-/m1/s1. The number of urea groups is 1. The van der Waals surface area contributed by atoms with Crippen molar-refractivity contribution >= 4 is 11.8 Å². The number of rotatable bonds is 8. The van der Waals surface area contributed by atoms with E-state index in [-0.39, 0.29) is 12.1 Å². The van der Waals surface area contributed by atoms with Crippen molar-refractivity contribution in [3.8, 4) is 0 Å². The van der Waals surface area contributed by atoms with E-state index in [1.807, 2.05) is 41.4 Å². The lowest BCUT2D eigenvalue weighted by Gasteiger charge is -2.28. The maximum Gasteiger partial charge on any atom is 0.323 e. The van der Waals surface area contributed by atoms with E-state index < -0.39 is 0 Å². The van der Waals surface area contributed by atoms with Gasteiger partial charge in [0.05, 0.1) is 13.2 Å². The molecule has 6 nitrogen and oxygen atoms in total. The average Bonchev–Trinajstić information content (AvgIpc) is 3.05. The predicted molar refractivity (Wildman–Crippen MR) is 94.9 cm³/mol. The largest absolute Gasteiger partial charge is 0.383 e. The number of carbonyl (C=O) groups is 1. The van der Waals surface area contributed by atoms with Crippen molar-refractivity contribution < 1.29 is 9.53 Å². The lowest BCUT2D eigenvalue weighted by Crippen LogP contribution is -2.40. The zero-order valence-electron chi connectivity index (χ0n) is 14.6. The van der Waals surface area contributed by atoms with E-state index in [1.54, 1.807) is 17.9 Å². The Morgan fingerprint density at radius 1 is 1.33 bits per heavy atom. The van der Waals surface area contributed by atoms with E-state index >= 15 is 0 Å². The Bertz CT molecular complexity index is 627. The van der Waals surface area contributed by atoms with Crippen molar-refractivity contribution in [2.75, 3.05) is 19.0 Å². The number of benzene rings is 1. The third-order valence-corrected chi connectivity index (χ3v) is 3.98. The van der Waals surface area contributed by atoms with Gasteiger partial charge in [-0.2, -0.15) is 5.10 Å². The van der Waals surface area contributed by atoms with Crippen LogP contribution in [0.4, 0.5) is 10.6 Å². The number of ether oxygens (including phenoxy) is 1. The molecule has 0 radical (unpaired) electrons. The van der Waals surface area contributed by atoms with Gasteiger partial charge in [-0.25, -0.2) is 4.79 Å². The predicted octanol–water partition coefficient (Wildman–Crippen LogP) is 3.36. The molecule has 0 aliphatic rings. The molecule has 0 fully saturated rings. The zero-order chi connectivity index (χ0) is 17.4. The Kier molecular flexibility index (Phi) is 6.81. The van der Waals surface area contributed by atoms with Gasteiger partial charge in [-0.3, -0.25) is 10.00 Å². The minimum Gasteiger partial charge on any atom is -0.383 e. The fourth-order valence-corrected chi connectivity index (χ4v) is 2.35. The molecular formula is C18H26N4O2. The number of amides is 2. The Morgan fingerprint density at radius 3 is 2.75 bits per heavy atom. The van der Waals surface area contributed by atoms with Gasteiger partial charge in [0.1, 0.15) is 0 Å². The molecule has 2 rings (SSSR count). The monoisotopic (exact) mass is 330 g/mol. The van der Waals surface area contributed by atoms with Crippen LogP contribution in [-0.2, 0) is 17.8 Å². The third kappa shape index (κ3) is 5.09. The van der Waals surface area contributed by atoms with E-state index in [1.165, 1.54) is 0 Å². The highest BCUT2D eigenvalue weighted by atomic mass is 16.5. The first-order valence-corrected chi connectivity index (χ1v) is 8.28. The molecule has 1 atom stereocenters. The van der Waals surface area contributed by atoms with E-state index in [2.05, 4.69) is 24.3 Å². The normalized spacial score (nSPS) is 12.0. The van der Waals surface area contributed by atoms with Crippen LogP contribution in [0.25, 0.3) is 0 Å². The van der Waals surface area contributed by atoms with Gasteiger partial charge in [-0.15, -0.1) is 0 Å². The van der Waals surface area contributed by atoms with E-state index in [0.29, 0.717) is 25.5 Å². The van der Waals surface area contributed by atoms with Crippen LogP contribution >= 0.6 is 0 Å². The molecule has 2 aromatic rings. The van der Waals surface area contributed by atoms with Gasteiger partial charge in [0.15, 0.2) is 5.82 Å². The lowest BCUT2D eigenvalue weighted by atomic mass is 10.1. The lowest BCUT2D eigenvalue weighted by molar-refractivity contribution is 0.183. The first-order valence-electron chi connectivity index (χ1n) is 8.28. The van der Waals surface area contributed by atoms with Gasteiger partial charge in [-0.1, -0.05) is 37.3 Å². The van der Waals surface area contributed by atoms with Crippen LogP contribution in [0.5, 0.6) is 0 Å². The second-order valence-corrected chi connectivity index (χ2v) is 5.76. The number of hydrogen-bond acceptors (Lipinski definition) is 3. The van der Waals surface area contributed by atoms with E-state index in [4.69, 9.17) is 4.74 Å². The van der Waals surface area contributed by atoms with Crippen molar-refractivity contribution in [3.63, 3.8) is 0 Å². The first kappa shape index (κ1) is 18.0. The average molecular weight is 330 g/mol. The minimum absolute atomic E-state index is 0.134. The topological polar surface area (TPSA) is 59.4 Å². The fraction of sp³-hybridized carbons (Fsp3) is 0.444. The third-order valence-electron chi connectivity index (χ3n) is 3.98. The highest BCUT2D eigenvalue weighted by Crippen LogP contribution is 2.13. The smallest absolute Gasteiger partial charge is 0.323 e. The highest BCUT2D eigenvalue weighted by molar-refractivity contribution is 5.88. The van der Waals surface area contributed by atoms with Crippen LogP contribution in [-0.4, -0.2) is 40.5 Å². The maximum atomic E-state index is 12.7. The molecule has 1 aromatic heterocycles. The van der Waals surface area contributed by atoms with E-state index in [9.17, 15) is 4.79 Å². The molecule has 0 saturated heterocycles. The first-order chi connectivity index (χ1) is 11.6. The Morgan fingerprint density at radius 2 is 2.08 bits per heavy atom. The van der Waals surface area contributed by atoms with Crippen LogP contribution in [0, 0.1) is 0 Å². The molecule has 0 bridgehead atoms. The summed E-state index contributed by atoms with van der Waals surface area (Å²) in [6, 6.07) is 11.8. The van der Waals surface area contributed by atoms with Crippen LogP contribution in [0.3, 0.4) is 0 Å². The molecule has 24 heavy (non-hydrogen) atoms. The van der Waals surface area contributed by atoms with E-state index in [0.717, 1.165) is 12.0 Å². The molecule has 0 aliphatic heterocycles. The van der Waals surface area contributed by atoms with Gasteiger partial charge in [0, 0.05) is 32.0 Å². The van der Waals surface area contributed by atoms with Gasteiger partial charge in [0.2, 0.25) is 0 Å². The molecule has 2 amide bonds. The summed E-state index contributed by atoms with van der Waals surface area (Å²) in [5.41, 5.74) is 1.11. The maximum absolute atomic E-state index is 12.7. The summed E-state index contributed by atoms with van der Waals surface area (Å²) in [4.78, 5) is 14.5. The molecule has 1 aromatic carbocycles. The summed E-state index contributed by atoms with van der Waals surface area (Å²) in [5.74, 6) is 0.553. The summed E-state index contributed by atoms with van der Waals surface area (Å²) in [5, 5.41) is 7.23. The summed E-state index contributed by atoms with van der Waals surface area (Å²) >= 11 is 0. The van der Waals surface area contributed by atoms with Crippen molar-refractivity contribution in [3.05, 3.63) is 48.2 Å². The van der Waals surface area contributed by atoms with Gasteiger partial charge in [0.25, 0.3) is 0 Å². The van der Waals surface area contributed by atoms with Crippen molar-refractivity contribution in [1.29, 1.82) is 0 Å². The zero-order valence-corrected chi connectivity index (χ0v) is 14.6. The van der Waals surface area contributed by atoms with Gasteiger partial charge < -0.3 is 9.64 Å². The quantitative estimate of drug-likeness (QED) is 0.807. The van der Waals surface area contributed by atoms with Crippen molar-refractivity contribution in [2.45, 2.75) is 39.4 Å². The van der Waals surface area contributed by atoms with Crippen LogP contribution in [0.1, 0.15) is 25.8 Å². The Hall–Kier alpha value is -2.34. The number of carbonyl (C=O) groups excluding carboxylic acids is 1. The number of methoxy groups -OCH3 is 1. The molecule has 0 aliphatic carbocycles. The van der Waals surface area contributed by atoms with Gasteiger partial charge in [-0.05, 0) is 18.9 Å². The van der Waals surface area contributed by atoms with Gasteiger partial charge >= 0.3 is 6.03 Å². The molecule has 1 heterocycles. The number of nitrogens with one attached hydrogen (secondary N) is 1. The second kappa shape index (κ2) is 9.08. The van der Waals surface area contributed by atoms with Crippen molar-refractivity contribution in [2.24, 2.45) is 0 Å². The number of nitrogens with zero attached hydrogens (tertiary/aromatic N) is 3. The number of anilines is 1. The molecule has 6 heteroatoms. The Labute approximate surface area is 143 Å². The minimum atomic E-state index is -0.134. The highest BCUT2D eigenvalue weighted by Gasteiger charge is 2.20.